The van der Waals surface area contributed by atoms with Crippen LogP contribution in [0, 0.1) is 0 Å². The van der Waals surface area contributed by atoms with E-state index in [0.717, 1.165) is 44.9 Å². The van der Waals surface area contributed by atoms with E-state index in [9.17, 15) is 19.5 Å². The molecule has 0 bridgehead atoms. The second-order valence-electron chi connectivity index (χ2n) is 15.9. The van der Waals surface area contributed by atoms with Crippen LogP contribution in [-0.2, 0) is 28.6 Å². The van der Waals surface area contributed by atoms with Crippen molar-refractivity contribution in [1.82, 2.24) is 0 Å². The zero-order valence-electron chi connectivity index (χ0n) is 37.5. The molecular weight excluding hydrogens is 727 g/mol. The molecule has 0 rings (SSSR count). The monoisotopic (exact) mass is 811 g/mol. The lowest BCUT2D eigenvalue weighted by Gasteiger charge is -2.31. The summed E-state index contributed by atoms with van der Waals surface area (Å²) in [6.45, 7) is 4.57. The molecule has 0 heterocycles. The molecule has 0 aliphatic heterocycles. The van der Waals surface area contributed by atoms with Gasteiger partial charge in [0.25, 0.3) is 0 Å². The van der Waals surface area contributed by atoms with E-state index in [4.69, 9.17) is 14.2 Å². The van der Waals surface area contributed by atoms with Crippen molar-refractivity contribution >= 4 is 17.9 Å². The van der Waals surface area contributed by atoms with Gasteiger partial charge in [-0.2, -0.15) is 0 Å². The van der Waals surface area contributed by atoms with E-state index >= 15 is 0 Å². The molecular formula is C50H84NO7+. The normalized spacial score (nSPS) is 13.7. The molecule has 330 valence electrons. The summed E-state index contributed by atoms with van der Waals surface area (Å²) in [6.07, 6.45) is 52.1. The van der Waals surface area contributed by atoms with Gasteiger partial charge in [0.1, 0.15) is 6.61 Å². The zero-order chi connectivity index (χ0) is 42.8. The number of hydrogen-bond acceptors (Lipinski definition) is 6. The summed E-state index contributed by atoms with van der Waals surface area (Å²) in [4.78, 5) is 37.0. The minimum Gasteiger partial charge on any atom is -0.477 e. The summed E-state index contributed by atoms with van der Waals surface area (Å²) in [5, 5.41) is 9.62. The predicted molar refractivity (Wildman–Crippen MR) is 243 cm³/mol. The van der Waals surface area contributed by atoms with Gasteiger partial charge in [-0.15, -0.1) is 0 Å². The Morgan fingerprint density at radius 2 is 0.914 bits per heavy atom. The van der Waals surface area contributed by atoms with Gasteiger partial charge in [-0.3, -0.25) is 9.59 Å². The van der Waals surface area contributed by atoms with Gasteiger partial charge in [-0.1, -0.05) is 144 Å². The van der Waals surface area contributed by atoms with Crippen LogP contribution >= 0.6 is 0 Å². The number of carbonyl (C=O) groups is 3. The zero-order valence-corrected chi connectivity index (χ0v) is 37.5. The lowest BCUT2D eigenvalue weighted by molar-refractivity contribution is -0.887. The van der Waals surface area contributed by atoms with Gasteiger partial charge in [0.2, 0.25) is 0 Å². The fourth-order valence-corrected chi connectivity index (χ4v) is 5.98. The fraction of sp³-hybridized carbons (Fsp3) is 0.660. The van der Waals surface area contributed by atoms with Crippen LogP contribution < -0.4 is 0 Å². The third kappa shape index (κ3) is 38.1. The molecule has 0 aromatic rings. The highest BCUT2D eigenvalue weighted by molar-refractivity contribution is 5.72. The fourth-order valence-electron chi connectivity index (χ4n) is 5.98. The van der Waals surface area contributed by atoms with E-state index in [1.807, 2.05) is 21.1 Å². The number of ether oxygens (including phenoxy) is 3. The van der Waals surface area contributed by atoms with Gasteiger partial charge in [0.15, 0.2) is 12.1 Å². The molecule has 0 aromatic heterocycles. The Morgan fingerprint density at radius 3 is 1.38 bits per heavy atom. The van der Waals surface area contributed by atoms with Crippen LogP contribution in [0.4, 0.5) is 0 Å². The lowest BCUT2D eigenvalue weighted by Crippen LogP contribution is -2.50. The average molecular weight is 811 g/mol. The Morgan fingerprint density at radius 1 is 0.517 bits per heavy atom. The Bertz CT molecular complexity index is 1220. The van der Waals surface area contributed by atoms with E-state index in [0.29, 0.717) is 19.3 Å². The van der Waals surface area contributed by atoms with Crippen LogP contribution in [0.5, 0.6) is 0 Å². The minimum atomic E-state index is -0.893. The first-order valence-electron chi connectivity index (χ1n) is 22.6. The third-order valence-electron chi connectivity index (χ3n) is 9.52. The maximum absolute atomic E-state index is 12.7. The second kappa shape index (κ2) is 40.3. The summed E-state index contributed by atoms with van der Waals surface area (Å²) >= 11 is 0. The number of carboxylic acids is 1. The highest BCUT2D eigenvalue weighted by atomic mass is 16.6. The van der Waals surface area contributed by atoms with E-state index in [2.05, 4.69) is 98.9 Å². The topological polar surface area (TPSA) is 99.1 Å². The lowest BCUT2D eigenvalue weighted by atomic mass is 10.1. The molecule has 0 saturated carbocycles. The van der Waals surface area contributed by atoms with E-state index < -0.39 is 18.1 Å². The molecule has 0 saturated heterocycles. The standard InChI is InChI=1S/C50H83NO7/c1-6-8-10-12-14-16-18-20-22-24-26-28-30-32-34-36-38-40-48(52)57-45-46(44-56-43-42-47(50(54)55)51(3,4)5)58-49(53)41-39-37-35-33-31-29-27-25-23-21-19-17-15-13-11-9-7-2/h14,16,20-23,26-29,32-35,46-47H,6-13,15,17-19,24-25,30-31,36-45H2,1-5H3/p+1/b16-14+,22-20+,23-21+,28-26+,29-27+,34-32+,35-33+. The van der Waals surface area contributed by atoms with Gasteiger partial charge < -0.3 is 23.8 Å². The Kier molecular flexibility index (Phi) is 37.9. The number of unbranched alkanes of at least 4 members (excludes halogenated alkanes) is 11. The number of nitrogens with zero attached hydrogens (tertiary/aromatic N) is 1. The van der Waals surface area contributed by atoms with Crippen molar-refractivity contribution in [2.75, 3.05) is 41.0 Å². The number of allylic oxidation sites excluding steroid dienone is 14. The minimum absolute atomic E-state index is 0.0190. The van der Waals surface area contributed by atoms with E-state index in [1.165, 1.54) is 70.6 Å². The number of carbonyl (C=O) groups excluding carboxylic acids is 2. The molecule has 0 aliphatic carbocycles. The first kappa shape index (κ1) is 54.5. The van der Waals surface area contributed by atoms with Crippen molar-refractivity contribution in [3.05, 3.63) is 85.1 Å². The molecule has 0 fully saturated rings. The van der Waals surface area contributed by atoms with Crippen LogP contribution in [0.3, 0.4) is 0 Å². The van der Waals surface area contributed by atoms with Gasteiger partial charge in [0.05, 0.1) is 34.4 Å². The summed E-state index contributed by atoms with van der Waals surface area (Å²) in [5.74, 6) is -1.62. The second-order valence-corrected chi connectivity index (χ2v) is 15.9. The van der Waals surface area contributed by atoms with Crippen molar-refractivity contribution in [3.63, 3.8) is 0 Å². The number of likely N-dealkylation sites (N-methyl/N-ethyl adjacent to an activating group) is 1. The van der Waals surface area contributed by atoms with Gasteiger partial charge in [-0.05, 0) is 83.5 Å². The highest BCUT2D eigenvalue weighted by Gasteiger charge is 2.31. The van der Waals surface area contributed by atoms with Crippen molar-refractivity contribution in [1.29, 1.82) is 0 Å². The predicted octanol–water partition coefficient (Wildman–Crippen LogP) is 12.5. The number of rotatable bonds is 39. The highest BCUT2D eigenvalue weighted by Crippen LogP contribution is 2.11. The van der Waals surface area contributed by atoms with Crippen LogP contribution in [0.25, 0.3) is 0 Å². The molecule has 8 heteroatoms. The molecule has 0 amide bonds. The SMILES string of the molecule is CCCCC/C=C/C/C=C/C/C=C/C/C=C/CCCC(=O)OCC(COCCC(C(=O)O)[N+](C)(C)C)OC(=O)CCC/C=C/C/C=C/C/C=C/CCCCCCCC. The molecule has 2 unspecified atom stereocenters. The Labute approximate surface area is 354 Å². The molecule has 2 atom stereocenters. The van der Waals surface area contributed by atoms with E-state index in [1.54, 1.807) is 0 Å². The molecule has 0 radical (unpaired) electrons. The van der Waals surface area contributed by atoms with Crippen molar-refractivity contribution < 1.29 is 38.2 Å². The van der Waals surface area contributed by atoms with E-state index in [-0.39, 0.29) is 49.1 Å². The summed E-state index contributed by atoms with van der Waals surface area (Å²) in [7, 11) is 5.48. The summed E-state index contributed by atoms with van der Waals surface area (Å²) in [6, 6.07) is -0.636. The van der Waals surface area contributed by atoms with Crippen LogP contribution in [-0.4, -0.2) is 80.6 Å². The Hall–Kier alpha value is -3.49. The van der Waals surface area contributed by atoms with Crippen molar-refractivity contribution in [2.45, 2.75) is 174 Å². The van der Waals surface area contributed by atoms with Gasteiger partial charge in [0, 0.05) is 19.3 Å². The maximum atomic E-state index is 12.7. The van der Waals surface area contributed by atoms with Crippen LogP contribution in [0.15, 0.2) is 85.1 Å². The van der Waals surface area contributed by atoms with Gasteiger partial charge >= 0.3 is 17.9 Å². The first-order chi connectivity index (χ1) is 28.1. The molecule has 8 nitrogen and oxygen atoms in total. The summed E-state index contributed by atoms with van der Waals surface area (Å²) < 4.78 is 17.2. The van der Waals surface area contributed by atoms with Crippen LogP contribution in [0.1, 0.15) is 162 Å². The van der Waals surface area contributed by atoms with Crippen molar-refractivity contribution in [2.24, 2.45) is 0 Å². The number of hydrogen-bond donors (Lipinski definition) is 1. The molecule has 0 spiro atoms. The Balaban J connectivity index is 4.53. The largest absolute Gasteiger partial charge is 0.477 e. The average Bonchev–Trinajstić information content (AvgIpc) is 3.18. The first-order valence-corrected chi connectivity index (χ1v) is 22.6. The van der Waals surface area contributed by atoms with Gasteiger partial charge in [-0.25, -0.2) is 4.79 Å². The summed E-state index contributed by atoms with van der Waals surface area (Å²) in [5.41, 5.74) is 0. The van der Waals surface area contributed by atoms with Crippen LogP contribution in [0.2, 0.25) is 0 Å². The molecule has 58 heavy (non-hydrogen) atoms. The molecule has 1 N–H and O–H groups in total. The smallest absolute Gasteiger partial charge is 0.362 e. The number of quaternary nitrogens is 1. The molecule has 0 aliphatic rings. The maximum Gasteiger partial charge on any atom is 0.362 e. The number of carboxylic acid groups (broad SMARTS) is 1. The number of aliphatic carboxylic acids is 1. The quantitative estimate of drug-likeness (QED) is 0.0286. The third-order valence-corrected chi connectivity index (χ3v) is 9.52. The van der Waals surface area contributed by atoms with Crippen molar-refractivity contribution in [3.8, 4) is 0 Å². The molecule has 0 aromatic carbocycles. The number of esters is 2.